The molecule has 160 valence electrons. The van der Waals surface area contributed by atoms with Crippen LogP contribution >= 0.6 is 0 Å². The Hall–Kier alpha value is -2.79. The molecule has 0 unspecified atom stereocenters. The molecule has 30 heavy (non-hydrogen) atoms. The standard InChI is InChI=1S/C19H18FNO7S2/c1-28-19(23)14-4-2-3-5-17(14)21-18(22)15-10-12(6-7-16(15)20)30(26,27)13-8-9-29(24,25)11-13/h2-7,10,13H,8-9,11H2,1H3,(H,21,22)/t13-/m0/s1. The van der Waals surface area contributed by atoms with Gasteiger partial charge in [0.2, 0.25) is 0 Å². The summed E-state index contributed by atoms with van der Waals surface area (Å²) in [7, 11) is -6.37. The van der Waals surface area contributed by atoms with Gasteiger partial charge in [0.1, 0.15) is 5.82 Å². The van der Waals surface area contributed by atoms with E-state index in [1.165, 1.54) is 12.1 Å². The van der Waals surface area contributed by atoms with Crippen LogP contribution in [0.25, 0.3) is 0 Å². The predicted molar refractivity (Wildman–Crippen MR) is 106 cm³/mol. The van der Waals surface area contributed by atoms with Crippen LogP contribution in [0.2, 0.25) is 0 Å². The van der Waals surface area contributed by atoms with E-state index in [4.69, 9.17) is 0 Å². The first-order valence-electron chi connectivity index (χ1n) is 8.78. The Bertz CT molecular complexity index is 1220. The summed E-state index contributed by atoms with van der Waals surface area (Å²) < 4.78 is 67.7. The van der Waals surface area contributed by atoms with Gasteiger partial charge in [-0.2, -0.15) is 0 Å². The fourth-order valence-corrected chi connectivity index (χ4v) is 7.51. The average Bonchev–Trinajstić information content (AvgIpc) is 3.08. The summed E-state index contributed by atoms with van der Waals surface area (Å²) in [6.07, 6.45) is -0.0594. The smallest absolute Gasteiger partial charge is 0.339 e. The molecule has 1 heterocycles. The highest BCUT2D eigenvalue weighted by Crippen LogP contribution is 2.27. The second-order valence-corrected chi connectivity index (χ2v) is 11.2. The number of sulfone groups is 2. The number of hydrogen-bond donors (Lipinski definition) is 1. The molecule has 0 aliphatic carbocycles. The number of carbonyl (C=O) groups excluding carboxylic acids is 2. The van der Waals surface area contributed by atoms with Crippen molar-refractivity contribution in [1.82, 2.24) is 0 Å². The molecule has 1 amide bonds. The van der Waals surface area contributed by atoms with Gasteiger partial charge < -0.3 is 10.1 Å². The van der Waals surface area contributed by atoms with E-state index in [0.29, 0.717) is 0 Å². The second-order valence-electron chi connectivity index (χ2n) is 6.70. The molecule has 1 aliphatic rings. The maximum absolute atomic E-state index is 14.3. The van der Waals surface area contributed by atoms with E-state index in [-0.39, 0.29) is 28.3 Å². The lowest BCUT2D eigenvalue weighted by Crippen LogP contribution is -2.23. The number of ether oxygens (including phenoxy) is 1. The minimum absolute atomic E-state index is 0.0358. The number of benzene rings is 2. The Morgan fingerprint density at radius 3 is 2.47 bits per heavy atom. The van der Waals surface area contributed by atoms with Gasteiger partial charge in [0.25, 0.3) is 5.91 Å². The molecule has 0 aromatic heterocycles. The summed E-state index contributed by atoms with van der Waals surface area (Å²) >= 11 is 0. The highest BCUT2D eigenvalue weighted by molar-refractivity contribution is 7.96. The summed E-state index contributed by atoms with van der Waals surface area (Å²) in [5.74, 6) is -3.41. The molecule has 8 nitrogen and oxygen atoms in total. The van der Waals surface area contributed by atoms with Crippen molar-refractivity contribution in [3.05, 3.63) is 59.4 Å². The normalized spacial score (nSPS) is 18.0. The van der Waals surface area contributed by atoms with Gasteiger partial charge in [-0.1, -0.05) is 12.1 Å². The lowest BCUT2D eigenvalue weighted by molar-refractivity contribution is 0.0602. The molecule has 1 aliphatic heterocycles. The lowest BCUT2D eigenvalue weighted by atomic mass is 10.1. The molecule has 0 radical (unpaired) electrons. The zero-order valence-corrected chi connectivity index (χ0v) is 17.4. The molecule has 1 atom stereocenters. The number of halogens is 1. The Balaban J connectivity index is 1.93. The van der Waals surface area contributed by atoms with Gasteiger partial charge in [0, 0.05) is 0 Å². The van der Waals surface area contributed by atoms with E-state index in [2.05, 4.69) is 10.1 Å². The van der Waals surface area contributed by atoms with Crippen LogP contribution in [0.3, 0.4) is 0 Å². The van der Waals surface area contributed by atoms with Gasteiger partial charge in [-0.15, -0.1) is 0 Å². The van der Waals surface area contributed by atoms with Gasteiger partial charge in [0.15, 0.2) is 19.7 Å². The first-order chi connectivity index (χ1) is 14.0. The zero-order valence-electron chi connectivity index (χ0n) is 15.8. The number of carbonyl (C=O) groups is 2. The van der Waals surface area contributed by atoms with Crippen molar-refractivity contribution >= 4 is 37.2 Å². The molecule has 11 heteroatoms. The van der Waals surface area contributed by atoms with Crippen LogP contribution in [-0.4, -0.2) is 52.6 Å². The maximum atomic E-state index is 14.3. The van der Waals surface area contributed by atoms with E-state index in [9.17, 15) is 30.8 Å². The number of para-hydroxylation sites is 1. The summed E-state index contributed by atoms with van der Waals surface area (Å²) in [5.41, 5.74) is -0.464. The molecule has 1 saturated heterocycles. The highest BCUT2D eigenvalue weighted by Gasteiger charge is 2.38. The molecule has 2 aromatic rings. The van der Waals surface area contributed by atoms with Gasteiger partial charge in [-0.3, -0.25) is 4.79 Å². The second kappa shape index (κ2) is 8.15. The number of hydrogen-bond acceptors (Lipinski definition) is 7. The van der Waals surface area contributed by atoms with E-state index in [1.54, 1.807) is 12.1 Å². The van der Waals surface area contributed by atoms with Crippen molar-refractivity contribution in [2.24, 2.45) is 0 Å². The quantitative estimate of drug-likeness (QED) is 0.539. The summed E-state index contributed by atoms with van der Waals surface area (Å²) in [5, 5.41) is 1.22. The number of amides is 1. The number of rotatable bonds is 5. The highest BCUT2D eigenvalue weighted by atomic mass is 32.2. The number of methoxy groups -OCH3 is 1. The topological polar surface area (TPSA) is 124 Å². The first kappa shape index (κ1) is 21.9. The molecule has 2 aromatic carbocycles. The van der Waals surface area contributed by atoms with E-state index < -0.39 is 53.9 Å². The van der Waals surface area contributed by atoms with Crippen molar-refractivity contribution in [2.45, 2.75) is 16.6 Å². The van der Waals surface area contributed by atoms with Crippen LogP contribution in [0.4, 0.5) is 10.1 Å². The van der Waals surface area contributed by atoms with Crippen molar-refractivity contribution in [3.63, 3.8) is 0 Å². The minimum atomic E-state index is -4.08. The molecule has 0 bridgehead atoms. The Kier molecular flexibility index (Phi) is 5.95. The third-order valence-electron chi connectivity index (χ3n) is 4.72. The van der Waals surface area contributed by atoms with E-state index >= 15 is 0 Å². The largest absolute Gasteiger partial charge is 0.465 e. The lowest BCUT2D eigenvalue weighted by Gasteiger charge is -2.13. The van der Waals surface area contributed by atoms with Crippen molar-refractivity contribution < 1.29 is 35.6 Å². The predicted octanol–water partition coefficient (Wildman–Crippen LogP) is 1.83. The zero-order chi connectivity index (χ0) is 22.1. The first-order valence-corrected chi connectivity index (χ1v) is 12.1. The van der Waals surface area contributed by atoms with Gasteiger partial charge >= 0.3 is 5.97 Å². The monoisotopic (exact) mass is 455 g/mol. The molecule has 1 fully saturated rings. The molecule has 0 spiro atoms. The molecule has 0 saturated carbocycles. The minimum Gasteiger partial charge on any atom is -0.465 e. The van der Waals surface area contributed by atoms with Crippen LogP contribution in [0.15, 0.2) is 47.4 Å². The number of anilines is 1. The summed E-state index contributed by atoms with van der Waals surface area (Å²) in [6.45, 7) is 0. The number of esters is 1. The summed E-state index contributed by atoms with van der Waals surface area (Å²) in [4.78, 5) is 24.1. The van der Waals surface area contributed by atoms with Crippen molar-refractivity contribution in [1.29, 1.82) is 0 Å². The van der Waals surface area contributed by atoms with Gasteiger partial charge in [-0.25, -0.2) is 26.0 Å². The van der Waals surface area contributed by atoms with Crippen LogP contribution in [0, 0.1) is 5.82 Å². The molecule has 3 rings (SSSR count). The van der Waals surface area contributed by atoms with Crippen LogP contribution in [-0.2, 0) is 24.4 Å². The fourth-order valence-electron chi connectivity index (χ4n) is 3.12. The van der Waals surface area contributed by atoms with Gasteiger partial charge in [-0.05, 0) is 36.8 Å². The number of nitrogens with one attached hydrogen (secondary N) is 1. The van der Waals surface area contributed by atoms with Gasteiger partial charge in [0.05, 0.1) is 45.6 Å². The summed E-state index contributed by atoms with van der Waals surface area (Å²) in [6, 6.07) is 8.59. The average molecular weight is 455 g/mol. The third kappa shape index (κ3) is 4.36. The maximum Gasteiger partial charge on any atom is 0.339 e. The Labute approximate surface area is 172 Å². The molecular formula is C19H18FNO7S2. The third-order valence-corrected chi connectivity index (χ3v) is 8.89. The van der Waals surface area contributed by atoms with Crippen molar-refractivity contribution in [2.75, 3.05) is 23.9 Å². The van der Waals surface area contributed by atoms with Crippen LogP contribution in [0.1, 0.15) is 27.1 Å². The molecule has 1 N–H and O–H groups in total. The Morgan fingerprint density at radius 1 is 1.13 bits per heavy atom. The van der Waals surface area contributed by atoms with Crippen LogP contribution < -0.4 is 5.32 Å². The Morgan fingerprint density at radius 2 is 1.83 bits per heavy atom. The van der Waals surface area contributed by atoms with Crippen molar-refractivity contribution in [3.8, 4) is 0 Å². The fraction of sp³-hybridized carbons (Fsp3) is 0.263. The van der Waals surface area contributed by atoms with Crippen LogP contribution in [0.5, 0.6) is 0 Å². The van der Waals surface area contributed by atoms with E-state index in [1.807, 2.05) is 0 Å². The van der Waals surface area contributed by atoms with E-state index in [0.717, 1.165) is 25.3 Å². The molecular weight excluding hydrogens is 437 g/mol. The SMILES string of the molecule is COC(=O)c1ccccc1NC(=O)c1cc(S(=O)(=O)[C@H]2CCS(=O)(=O)C2)ccc1F.